The van der Waals surface area contributed by atoms with E-state index in [-0.39, 0.29) is 10.7 Å². The van der Waals surface area contributed by atoms with Gasteiger partial charge in [0, 0.05) is 0 Å². The van der Waals surface area contributed by atoms with E-state index in [1.165, 1.54) is 7.11 Å². The molecule has 2 aromatic rings. The van der Waals surface area contributed by atoms with Crippen molar-refractivity contribution in [3.8, 4) is 0 Å². The Hall–Kier alpha value is -2.94. The number of hydrogen-bond donors (Lipinski definition) is 2. The molecule has 7 nitrogen and oxygen atoms in total. The summed E-state index contributed by atoms with van der Waals surface area (Å²) in [5.74, 6) is -0.761. The highest BCUT2D eigenvalue weighted by molar-refractivity contribution is 6.99. The van der Waals surface area contributed by atoms with E-state index in [1.807, 2.05) is 60.7 Å². The number of rotatable bonds is 8. The zero-order chi connectivity index (χ0) is 27.1. The Morgan fingerprint density at radius 3 is 1.75 bits per heavy atom. The lowest BCUT2D eigenvalue weighted by Gasteiger charge is -2.45. The van der Waals surface area contributed by atoms with Gasteiger partial charge in [0.05, 0.1) is 19.8 Å². The second kappa shape index (κ2) is 11.9. The van der Waals surface area contributed by atoms with Crippen LogP contribution < -0.4 is 15.7 Å². The number of ether oxygens (including phenoxy) is 2. The van der Waals surface area contributed by atoms with E-state index in [4.69, 9.17) is 13.9 Å². The molecule has 1 amide bonds. The van der Waals surface area contributed by atoms with Gasteiger partial charge in [0.2, 0.25) is 0 Å². The molecule has 2 aromatic carbocycles. The van der Waals surface area contributed by atoms with E-state index < -0.39 is 38.7 Å². The zero-order valence-electron chi connectivity index (χ0n) is 22.5. The maximum atomic E-state index is 12.7. The molecule has 0 aliphatic heterocycles. The predicted octanol–water partition coefficient (Wildman–Crippen LogP) is 3.90. The fraction of sp³-hybridized carbons (Fsp3) is 0.429. The average Bonchev–Trinajstić information content (AvgIpc) is 2.81. The highest BCUT2D eigenvalue weighted by Crippen LogP contribution is 2.38. The van der Waals surface area contributed by atoms with Crippen molar-refractivity contribution in [1.29, 1.82) is 0 Å². The molecule has 0 saturated carbocycles. The fourth-order valence-electron chi connectivity index (χ4n) is 4.15. The molecule has 2 rings (SSSR count). The lowest BCUT2D eigenvalue weighted by Crippen LogP contribution is -2.68. The molecule has 0 aromatic heterocycles. The maximum Gasteiger partial charge on any atom is 0.412 e. The highest BCUT2D eigenvalue weighted by Gasteiger charge is 2.51. The van der Waals surface area contributed by atoms with E-state index in [0.717, 1.165) is 10.4 Å². The lowest BCUT2D eigenvalue weighted by molar-refractivity contribution is -0.136. The van der Waals surface area contributed by atoms with Crippen LogP contribution in [0.2, 0.25) is 5.04 Å². The van der Waals surface area contributed by atoms with Crippen LogP contribution in [0.25, 0.3) is 0 Å². The SMILES string of the molecule is COC(=O)/C(NC(=O)OC(C)(C)C)=C(\C)[C@@H](CO)O[Si](c1ccccc1)(c1ccccc1)C(C)(C)C. The molecule has 0 spiro atoms. The predicted molar refractivity (Wildman–Crippen MR) is 144 cm³/mol. The molecule has 0 radical (unpaired) electrons. The van der Waals surface area contributed by atoms with Gasteiger partial charge in [-0.05, 0) is 48.7 Å². The van der Waals surface area contributed by atoms with Crippen LogP contribution in [0.4, 0.5) is 4.79 Å². The summed E-state index contributed by atoms with van der Waals surface area (Å²) in [6.45, 7) is 12.8. The topological polar surface area (TPSA) is 94.1 Å². The number of hydrogen-bond acceptors (Lipinski definition) is 6. The molecule has 196 valence electrons. The van der Waals surface area contributed by atoms with Crippen LogP contribution in [-0.2, 0) is 18.7 Å². The van der Waals surface area contributed by atoms with Crippen molar-refractivity contribution < 1.29 is 28.6 Å². The average molecular weight is 514 g/mol. The Morgan fingerprint density at radius 2 is 1.39 bits per heavy atom. The minimum absolute atomic E-state index is 0.122. The highest BCUT2D eigenvalue weighted by atomic mass is 28.4. The second-order valence-electron chi connectivity index (χ2n) is 10.6. The van der Waals surface area contributed by atoms with E-state index in [1.54, 1.807) is 27.7 Å². The fourth-order valence-corrected chi connectivity index (χ4v) is 8.84. The van der Waals surface area contributed by atoms with Crippen LogP contribution >= 0.6 is 0 Å². The first-order valence-corrected chi connectivity index (χ1v) is 13.9. The van der Waals surface area contributed by atoms with E-state index in [2.05, 4.69) is 26.1 Å². The van der Waals surface area contributed by atoms with Gasteiger partial charge < -0.3 is 19.0 Å². The van der Waals surface area contributed by atoms with Gasteiger partial charge in [-0.2, -0.15) is 0 Å². The van der Waals surface area contributed by atoms with Crippen LogP contribution in [0.15, 0.2) is 71.9 Å². The Kier molecular flexibility index (Phi) is 9.65. The number of carbonyl (C=O) groups is 2. The van der Waals surface area contributed by atoms with Crippen molar-refractivity contribution in [3.05, 3.63) is 71.9 Å². The molecule has 0 fully saturated rings. The summed E-state index contributed by atoms with van der Waals surface area (Å²) < 4.78 is 17.2. The number of amides is 1. The third-order valence-electron chi connectivity index (χ3n) is 5.79. The van der Waals surface area contributed by atoms with E-state index in [9.17, 15) is 14.7 Å². The molecule has 0 aliphatic rings. The van der Waals surface area contributed by atoms with Crippen molar-refractivity contribution >= 4 is 30.8 Å². The molecule has 0 bridgehead atoms. The van der Waals surface area contributed by atoms with Crippen molar-refractivity contribution in [1.82, 2.24) is 5.32 Å². The quantitative estimate of drug-likeness (QED) is 0.316. The Balaban J connectivity index is 2.69. The number of aliphatic hydroxyl groups excluding tert-OH is 1. The molecule has 0 heterocycles. The van der Waals surface area contributed by atoms with Crippen LogP contribution in [0, 0.1) is 0 Å². The summed E-state index contributed by atoms with van der Waals surface area (Å²) in [4.78, 5) is 25.2. The molecular weight excluding hydrogens is 474 g/mol. The van der Waals surface area contributed by atoms with Gasteiger partial charge >= 0.3 is 12.1 Å². The molecule has 0 aliphatic carbocycles. The summed E-state index contributed by atoms with van der Waals surface area (Å²) >= 11 is 0. The third-order valence-corrected chi connectivity index (χ3v) is 10.8. The number of alkyl carbamates (subject to hydrolysis) is 1. The minimum Gasteiger partial charge on any atom is -0.464 e. The maximum absolute atomic E-state index is 12.7. The van der Waals surface area contributed by atoms with Gasteiger partial charge in [-0.25, -0.2) is 9.59 Å². The first kappa shape index (κ1) is 29.3. The molecule has 8 heteroatoms. The van der Waals surface area contributed by atoms with Crippen LogP contribution in [0.3, 0.4) is 0 Å². The number of aliphatic hydroxyl groups is 1. The van der Waals surface area contributed by atoms with Gasteiger partial charge in [0.1, 0.15) is 11.3 Å². The first-order chi connectivity index (χ1) is 16.8. The number of benzene rings is 2. The van der Waals surface area contributed by atoms with E-state index in [0.29, 0.717) is 5.57 Å². The first-order valence-electron chi connectivity index (χ1n) is 12.0. The summed E-state index contributed by atoms with van der Waals surface area (Å²) in [5, 5.41) is 14.7. The minimum atomic E-state index is -3.06. The van der Waals surface area contributed by atoms with Crippen molar-refractivity contribution in [2.45, 2.75) is 65.2 Å². The summed E-state index contributed by atoms with van der Waals surface area (Å²) in [7, 11) is -1.83. The molecule has 1 atom stereocenters. The summed E-state index contributed by atoms with van der Waals surface area (Å²) in [6.07, 6.45) is -1.70. The molecular formula is C28H39NO6Si. The van der Waals surface area contributed by atoms with Gasteiger partial charge in [-0.1, -0.05) is 81.4 Å². The molecule has 0 unspecified atom stereocenters. The monoisotopic (exact) mass is 513 g/mol. The number of methoxy groups -OCH3 is 1. The number of esters is 1. The normalized spacial score (nSPS) is 13.9. The Bertz CT molecular complexity index is 1020. The van der Waals surface area contributed by atoms with Gasteiger partial charge in [-0.3, -0.25) is 5.32 Å². The molecule has 0 saturated heterocycles. The summed E-state index contributed by atoms with van der Waals surface area (Å²) in [6, 6.07) is 19.9. The summed E-state index contributed by atoms with van der Waals surface area (Å²) in [5.41, 5.74) is -0.548. The van der Waals surface area contributed by atoms with Crippen LogP contribution in [-0.4, -0.2) is 50.9 Å². The van der Waals surface area contributed by atoms with Gasteiger partial charge in [-0.15, -0.1) is 0 Å². The Morgan fingerprint density at radius 1 is 0.917 bits per heavy atom. The van der Waals surface area contributed by atoms with Crippen molar-refractivity contribution in [2.24, 2.45) is 0 Å². The number of nitrogens with one attached hydrogen (secondary N) is 1. The van der Waals surface area contributed by atoms with Crippen LogP contribution in [0.5, 0.6) is 0 Å². The van der Waals surface area contributed by atoms with Crippen LogP contribution in [0.1, 0.15) is 48.5 Å². The Labute approximate surface area is 215 Å². The standard InChI is InChI=1S/C28H39NO6Si/c1-20(24(25(31)33-8)29-26(32)34-27(2,3)4)23(19-30)35-36(28(5,6)7,21-15-11-9-12-16-21)22-17-13-10-14-18-22/h9-18,23,30H,19H2,1-8H3,(H,29,32)/b24-20-/t23-/m1/s1. The third kappa shape index (κ3) is 6.84. The zero-order valence-corrected chi connectivity index (χ0v) is 23.5. The lowest BCUT2D eigenvalue weighted by atomic mass is 10.1. The van der Waals surface area contributed by atoms with Crippen molar-refractivity contribution in [3.63, 3.8) is 0 Å². The van der Waals surface area contributed by atoms with Gasteiger partial charge in [0.15, 0.2) is 0 Å². The second-order valence-corrected chi connectivity index (χ2v) is 14.9. The van der Waals surface area contributed by atoms with Gasteiger partial charge in [0.25, 0.3) is 8.32 Å². The van der Waals surface area contributed by atoms with Crippen molar-refractivity contribution in [2.75, 3.05) is 13.7 Å². The largest absolute Gasteiger partial charge is 0.464 e. The smallest absolute Gasteiger partial charge is 0.412 e. The molecule has 2 N–H and O–H groups in total. The van der Waals surface area contributed by atoms with E-state index >= 15 is 0 Å². The molecule has 36 heavy (non-hydrogen) atoms. The number of carbonyl (C=O) groups excluding carboxylic acids is 2.